The average molecular weight is 192 g/mol. The predicted molar refractivity (Wildman–Crippen MR) is 53.6 cm³/mol. The van der Waals surface area contributed by atoms with Crippen molar-refractivity contribution in [3.05, 3.63) is 24.3 Å². The van der Waals surface area contributed by atoms with Gasteiger partial charge in [-0.3, -0.25) is 0 Å². The molecule has 1 heterocycles. The lowest BCUT2D eigenvalue weighted by Crippen LogP contribution is -2.07. The Labute approximate surface area is 84.2 Å². The van der Waals surface area contributed by atoms with Gasteiger partial charge in [0.1, 0.15) is 6.10 Å². The summed E-state index contributed by atoms with van der Waals surface area (Å²) in [5.74, 6) is 1.24. The molecule has 0 bridgehead atoms. The van der Waals surface area contributed by atoms with E-state index in [1.54, 1.807) is 18.5 Å². The van der Waals surface area contributed by atoms with Gasteiger partial charge < -0.3 is 5.11 Å². The lowest BCUT2D eigenvalue weighted by atomic mass is 10.00. The first kappa shape index (κ1) is 9.59. The fourth-order valence-electron chi connectivity index (χ4n) is 2.15. The zero-order valence-corrected chi connectivity index (χ0v) is 8.26. The van der Waals surface area contributed by atoms with E-state index in [9.17, 15) is 5.11 Å². The number of rotatable bonds is 3. The van der Waals surface area contributed by atoms with Crippen molar-refractivity contribution in [1.82, 2.24) is 9.97 Å². The molecule has 0 aromatic carbocycles. The van der Waals surface area contributed by atoms with E-state index in [-0.39, 0.29) is 0 Å². The molecule has 1 aliphatic rings. The van der Waals surface area contributed by atoms with Gasteiger partial charge in [-0.05, 0) is 18.4 Å². The zero-order chi connectivity index (χ0) is 9.80. The minimum absolute atomic E-state index is 0.473. The van der Waals surface area contributed by atoms with E-state index in [2.05, 4.69) is 9.97 Å². The number of aromatic nitrogens is 2. The van der Waals surface area contributed by atoms with Crippen molar-refractivity contribution in [1.29, 1.82) is 0 Å². The quantitative estimate of drug-likeness (QED) is 0.797. The Morgan fingerprint density at radius 2 is 1.93 bits per heavy atom. The average Bonchev–Trinajstić information content (AvgIpc) is 2.72. The van der Waals surface area contributed by atoms with Crippen LogP contribution in [0.1, 0.15) is 44.0 Å². The standard InChI is InChI=1S/C11H16N2O/c14-10(8-9-4-1-2-5-9)11-12-6-3-7-13-11/h3,6-7,9-10,14H,1-2,4-5,8H2. The van der Waals surface area contributed by atoms with Crippen molar-refractivity contribution < 1.29 is 5.11 Å². The molecule has 14 heavy (non-hydrogen) atoms. The molecule has 1 fully saturated rings. The van der Waals surface area contributed by atoms with Crippen LogP contribution in [0.5, 0.6) is 0 Å². The summed E-state index contributed by atoms with van der Waals surface area (Å²) >= 11 is 0. The maximum atomic E-state index is 9.86. The Morgan fingerprint density at radius 1 is 1.29 bits per heavy atom. The Hall–Kier alpha value is -0.960. The number of aliphatic hydroxyl groups excluding tert-OH is 1. The summed E-state index contributed by atoms with van der Waals surface area (Å²) in [4.78, 5) is 8.12. The third-order valence-corrected chi connectivity index (χ3v) is 2.92. The molecule has 0 spiro atoms. The first-order valence-electron chi connectivity index (χ1n) is 5.31. The molecule has 1 N–H and O–H groups in total. The normalized spacial score (nSPS) is 19.8. The van der Waals surface area contributed by atoms with Crippen LogP contribution in [-0.2, 0) is 0 Å². The van der Waals surface area contributed by atoms with Gasteiger partial charge in [-0.15, -0.1) is 0 Å². The van der Waals surface area contributed by atoms with Gasteiger partial charge in [0.15, 0.2) is 5.82 Å². The molecule has 0 radical (unpaired) electrons. The van der Waals surface area contributed by atoms with Crippen molar-refractivity contribution in [2.24, 2.45) is 5.92 Å². The second kappa shape index (κ2) is 4.51. The third kappa shape index (κ3) is 2.29. The fraction of sp³-hybridized carbons (Fsp3) is 0.636. The highest BCUT2D eigenvalue weighted by Gasteiger charge is 2.20. The van der Waals surface area contributed by atoms with Crippen molar-refractivity contribution in [3.63, 3.8) is 0 Å². The van der Waals surface area contributed by atoms with Gasteiger partial charge in [0, 0.05) is 12.4 Å². The van der Waals surface area contributed by atoms with E-state index >= 15 is 0 Å². The molecule has 1 aliphatic carbocycles. The summed E-state index contributed by atoms with van der Waals surface area (Å²) in [7, 11) is 0. The van der Waals surface area contributed by atoms with Crippen LogP contribution in [0.2, 0.25) is 0 Å². The van der Waals surface area contributed by atoms with Crippen LogP contribution in [0.4, 0.5) is 0 Å². The second-order valence-electron chi connectivity index (χ2n) is 4.01. The molecule has 1 unspecified atom stereocenters. The van der Waals surface area contributed by atoms with Gasteiger partial charge in [0.2, 0.25) is 0 Å². The van der Waals surface area contributed by atoms with Crippen LogP contribution in [-0.4, -0.2) is 15.1 Å². The fourth-order valence-corrected chi connectivity index (χ4v) is 2.15. The molecule has 1 aromatic heterocycles. The van der Waals surface area contributed by atoms with E-state index in [0.29, 0.717) is 11.7 Å². The molecule has 1 aromatic rings. The van der Waals surface area contributed by atoms with Crippen LogP contribution < -0.4 is 0 Å². The Balaban J connectivity index is 1.92. The molecule has 1 saturated carbocycles. The Morgan fingerprint density at radius 3 is 2.57 bits per heavy atom. The van der Waals surface area contributed by atoms with Gasteiger partial charge in [-0.1, -0.05) is 25.7 Å². The Kier molecular flexibility index (Phi) is 3.09. The predicted octanol–water partition coefficient (Wildman–Crippen LogP) is 2.09. The summed E-state index contributed by atoms with van der Waals surface area (Å²) < 4.78 is 0. The van der Waals surface area contributed by atoms with Crippen LogP contribution in [0.15, 0.2) is 18.5 Å². The van der Waals surface area contributed by atoms with Crippen molar-refractivity contribution in [2.75, 3.05) is 0 Å². The van der Waals surface area contributed by atoms with Crippen LogP contribution >= 0.6 is 0 Å². The van der Waals surface area contributed by atoms with Gasteiger partial charge in [-0.25, -0.2) is 9.97 Å². The van der Waals surface area contributed by atoms with E-state index in [0.717, 1.165) is 6.42 Å². The molecule has 0 saturated heterocycles. The monoisotopic (exact) mass is 192 g/mol. The molecule has 3 nitrogen and oxygen atoms in total. The first-order chi connectivity index (χ1) is 6.86. The van der Waals surface area contributed by atoms with E-state index in [1.807, 2.05) is 0 Å². The number of aliphatic hydroxyl groups is 1. The number of hydrogen-bond acceptors (Lipinski definition) is 3. The van der Waals surface area contributed by atoms with E-state index in [1.165, 1.54) is 25.7 Å². The van der Waals surface area contributed by atoms with Crippen molar-refractivity contribution >= 4 is 0 Å². The minimum Gasteiger partial charge on any atom is -0.385 e. The smallest absolute Gasteiger partial charge is 0.156 e. The SMILES string of the molecule is OC(CC1CCCC1)c1ncccn1. The van der Waals surface area contributed by atoms with Gasteiger partial charge in [0.05, 0.1) is 0 Å². The summed E-state index contributed by atoms with van der Waals surface area (Å²) in [6.07, 6.45) is 8.84. The maximum Gasteiger partial charge on any atom is 0.156 e. The summed E-state index contributed by atoms with van der Waals surface area (Å²) in [6, 6.07) is 1.77. The van der Waals surface area contributed by atoms with E-state index < -0.39 is 6.10 Å². The lowest BCUT2D eigenvalue weighted by molar-refractivity contribution is 0.136. The maximum absolute atomic E-state index is 9.86. The Bertz CT molecular complexity index is 270. The molecule has 2 rings (SSSR count). The molecular formula is C11H16N2O. The first-order valence-corrected chi connectivity index (χ1v) is 5.31. The topological polar surface area (TPSA) is 46.0 Å². The minimum atomic E-state index is -0.473. The van der Waals surface area contributed by atoms with E-state index in [4.69, 9.17) is 0 Å². The molecule has 3 heteroatoms. The van der Waals surface area contributed by atoms with Gasteiger partial charge in [0.25, 0.3) is 0 Å². The van der Waals surface area contributed by atoms with Crippen LogP contribution in [0.25, 0.3) is 0 Å². The summed E-state index contributed by atoms with van der Waals surface area (Å²) in [6.45, 7) is 0. The molecule has 76 valence electrons. The second-order valence-corrected chi connectivity index (χ2v) is 4.01. The summed E-state index contributed by atoms with van der Waals surface area (Å²) in [5, 5.41) is 9.86. The van der Waals surface area contributed by atoms with Gasteiger partial charge in [-0.2, -0.15) is 0 Å². The molecule has 1 atom stereocenters. The third-order valence-electron chi connectivity index (χ3n) is 2.92. The van der Waals surface area contributed by atoms with Gasteiger partial charge >= 0.3 is 0 Å². The largest absolute Gasteiger partial charge is 0.385 e. The molecular weight excluding hydrogens is 176 g/mol. The highest BCUT2D eigenvalue weighted by molar-refractivity contribution is 4.93. The molecule has 0 amide bonds. The highest BCUT2D eigenvalue weighted by Crippen LogP contribution is 2.31. The zero-order valence-electron chi connectivity index (χ0n) is 8.26. The van der Waals surface area contributed by atoms with Crippen molar-refractivity contribution in [2.45, 2.75) is 38.2 Å². The summed E-state index contributed by atoms with van der Waals surface area (Å²) in [5.41, 5.74) is 0. The lowest BCUT2D eigenvalue weighted by Gasteiger charge is -2.13. The number of nitrogens with zero attached hydrogens (tertiary/aromatic N) is 2. The van der Waals surface area contributed by atoms with Crippen molar-refractivity contribution in [3.8, 4) is 0 Å². The highest BCUT2D eigenvalue weighted by atomic mass is 16.3. The molecule has 0 aliphatic heterocycles. The number of hydrogen-bond donors (Lipinski definition) is 1. The van der Waals surface area contributed by atoms with Crippen LogP contribution in [0, 0.1) is 5.92 Å². The van der Waals surface area contributed by atoms with Crippen LogP contribution in [0.3, 0.4) is 0 Å².